The number of aliphatic hydroxyl groups excluding tert-OH is 1. The fraction of sp³-hybridized carbons (Fsp3) is 0.458. The molecule has 5 aromatic rings. The number of aromatic nitrogens is 3. The van der Waals surface area contributed by atoms with Crippen LogP contribution in [0.3, 0.4) is 0 Å². The van der Waals surface area contributed by atoms with Crippen molar-refractivity contribution < 1.29 is 51.7 Å². The van der Waals surface area contributed by atoms with Gasteiger partial charge in [0.1, 0.15) is 23.4 Å². The number of nitrogens with one attached hydrogen (secondary N) is 3. The first-order valence-electron chi connectivity index (χ1n) is 22.5. The molecule has 8 rings (SSSR count). The average molecular weight is 963 g/mol. The molecule has 3 aliphatic rings. The molecule has 0 saturated carbocycles. The number of alkyl carbamates (subject to hydrolysis) is 1. The van der Waals surface area contributed by atoms with E-state index in [0.717, 1.165) is 6.07 Å². The number of hydrogen-bond acceptors (Lipinski definition) is 11. The van der Waals surface area contributed by atoms with Gasteiger partial charge in [0.2, 0.25) is 11.8 Å². The first kappa shape index (κ1) is 48.3. The maximum Gasteiger partial charge on any atom is 0.573 e. The molecule has 0 bridgehead atoms. The molecule has 0 aliphatic carbocycles. The lowest BCUT2D eigenvalue weighted by Crippen LogP contribution is -2.56. The van der Waals surface area contributed by atoms with Crippen molar-refractivity contribution in [1.82, 2.24) is 30.1 Å². The molecular weight excluding hydrogens is 909 g/mol. The Bertz CT molecular complexity index is 2710. The number of halogens is 4. The van der Waals surface area contributed by atoms with E-state index in [1.54, 1.807) is 54.0 Å². The van der Waals surface area contributed by atoms with Crippen LogP contribution in [0.15, 0.2) is 60.8 Å². The number of benzene rings is 3. The van der Waals surface area contributed by atoms with Crippen LogP contribution in [0.25, 0.3) is 32.9 Å². The first-order valence-corrected chi connectivity index (χ1v) is 22.9. The highest BCUT2D eigenvalue weighted by molar-refractivity contribution is 6.34. The second-order valence-electron chi connectivity index (χ2n) is 18.5. The zero-order valence-corrected chi connectivity index (χ0v) is 39.0. The van der Waals surface area contributed by atoms with Crippen molar-refractivity contribution in [2.45, 2.75) is 71.4 Å². The molecule has 2 aromatic heterocycles. The van der Waals surface area contributed by atoms with Gasteiger partial charge in [0.15, 0.2) is 0 Å². The Hall–Kier alpha value is -6.18. The molecular formula is C48H54ClF3N8O8. The highest BCUT2D eigenvalue weighted by Gasteiger charge is 2.42. The normalized spacial score (nSPS) is 19.9. The van der Waals surface area contributed by atoms with Gasteiger partial charge in [-0.05, 0) is 93.2 Å². The zero-order chi connectivity index (χ0) is 48.7. The number of H-pyrrole nitrogens is 1. The number of piperazine rings is 1. The van der Waals surface area contributed by atoms with E-state index in [1.165, 1.54) is 19.4 Å². The van der Waals surface area contributed by atoms with Gasteiger partial charge in [-0.15, -0.1) is 13.2 Å². The quantitative estimate of drug-likeness (QED) is 0.101. The van der Waals surface area contributed by atoms with E-state index >= 15 is 0 Å². The van der Waals surface area contributed by atoms with E-state index in [-0.39, 0.29) is 58.1 Å². The Balaban J connectivity index is 1.02. The molecule has 5 heterocycles. The van der Waals surface area contributed by atoms with E-state index in [0.29, 0.717) is 97.7 Å². The minimum absolute atomic E-state index is 0.0191. The van der Waals surface area contributed by atoms with Crippen molar-refractivity contribution in [2.24, 2.45) is 17.3 Å². The third-order valence-corrected chi connectivity index (χ3v) is 13.4. The number of aromatic amines is 1. The van der Waals surface area contributed by atoms with Gasteiger partial charge in [0, 0.05) is 68.6 Å². The topological polar surface area (TPSA) is 192 Å². The summed E-state index contributed by atoms with van der Waals surface area (Å²) in [4.78, 5) is 71.4. The number of hydrogen-bond donors (Lipinski definition) is 4. The van der Waals surface area contributed by atoms with Crippen LogP contribution in [-0.2, 0) is 19.1 Å². The van der Waals surface area contributed by atoms with Crippen molar-refractivity contribution in [3.05, 3.63) is 77.2 Å². The number of imidazole rings is 1. The average Bonchev–Trinajstić information content (AvgIpc) is 3.94. The van der Waals surface area contributed by atoms with Crippen LogP contribution in [-0.4, -0.2) is 125 Å². The third kappa shape index (κ3) is 10.1. The minimum atomic E-state index is -5.09. The number of nitrogens with zero attached hydrogens (tertiary/aromatic N) is 5. The number of carbonyl (C=O) groups excluding carboxylic acids is 4. The molecule has 3 aromatic carbocycles. The highest BCUT2D eigenvalue weighted by atomic mass is 35.5. The van der Waals surface area contributed by atoms with Gasteiger partial charge in [-0.3, -0.25) is 14.4 Å². The van der Waals surface area contributed by atoms with Crippen molar-refractivity contribution in [3.63, 3.8) is 0 Å². The Morgan fingerprint density at radius 2 is 1.78 bits per heavy atom. The summed E-state index contributed by atoms with van der Waals surface area (Å²) >= 11 is 6.68. The summed E-state index contributed by atoms with van der Waals surface area (Å²) in [6.45, 7) is 9.85. The molecule has 68 heavy (non-hydrogen) atoms. The van der Waals surface area contributed by atoms with Crippen molar-refractivity contribution in [1.29, 1.82) is 0 Å². The van der Waals surface area contributed by atoms with Gasteiger partial charge in [-0.2, -0.15) is 0 Å². The molecule has 20 heteroatoms. The maximum absolute atomic E-state index is 14.3. The van der Waals surface area contributed by atoms with Crippen LogP contribution >= 0.6 is 11.6 Å². The number of amides is 4. The van der Waals surface area contributed by atoms with Crippen LogP contribution in [0.4, 0.5) is 29.5 Å². The molecule has 4 amide bonds. The maximum atomic E-state index is 14.3. The van der Waals surface area contributed by atoms with Gasteiger partial charge < -0.3 is 49.6 Å². The van der Waals surface area contributed by atoms with Crippen molar-refractivity contribution >= 4 is 68.7 Å². The SMILES string of the molecule is COC(=O)N[C@H](C(=O)N1C[C@@H](C)C[C@H]1c1nc2c(ccc3cc(-c4cc(Cl)c(NC(=O)c5ccc(N6CCN(C(=O)C(C)(C)CO)C[C@H]6C)nc5)cc4OC(F)(F)F)ccc32)[nH]1)C1CCOCC1. The summed E-state index contributed by atoms with van der Waals surface area (Å²) in [6, 6.07) is 12.9. The number of rotatable bonds is 11. The number of carbonyl (C=O) groups is 4. The van der Waals surface area contributed by atoms with Gasteiger partial charge in [-0.25, -0.2) is 14.8 Å². The molecule has 4 atom stereocenters. The predicted molar refractivity (Wildman–Crippen MR) is 248 cm³/mol. The predicted octanol–water partition coefficient (Wildman–Crippen LogP) is 7.70. The summed E-state index contributed by atoms with van der Waals surface area (Å²) in [5.41, 5.74) is 0.763. The second kappa shape index (κ2) is 19.4. The lowest BCUT2D eigenvalue weighted by atomic mass is 9.90. The number of methoxy groups -OCH3 is 1. The number of likely N-dealkylation sites (tertiary alicyclic amines) is 1. The fourth-order valence-corrected chi connectivity index (χ4v) is 9.65. The lowest BCUT2D eigenvalue weighted by molar-refractivity contribution is -0.274. The van der Waals surface area contributed by atoms with Crippen molar-refractivity contribution in [2.75, 3.05) is 63.3 Å². The smallest absolute Gasteiger partial charge is 0.453 e. The van der Waals surface area contributed by atoms with E-state index in [9.17, 15) is 37.5 Å². The summed E-state index contributed by atoms with van der Waals surface area (Å²) in [7, 11) is 1.26. The van der Waals surface area contributed by atoms with Gasteiger partial charge in [0.05, 0.1) is 52.5 Å². The summed E-state index contributed by atoms with van der Waals surface area (Å²) in [6.07, 6.45) is -2.58. The molecule has 3 fully saturated rings. The third-order valence-electron chi connectivity index (χ3n) is 13.1. The van der Waals surface area contributed by atoms with E-state index in [4.69, 9.17) is 26.1 Å². The standard InChI is InChI=1S/C48H54ClF3N8O8/c1-26-18-37(60(23-26)44(63)40(57-46(65)66-5)28-12-16-67-17-13-28)42-54-35-10-7-29-19-30(6-9-32(29)41(35)56-42)33-20-34(49)36(21-38(33)68-48(50,51)52)55-43(62)31-8-11-39(53-22-31)59-15-14-58(24-27(59)2)45(64)47(3,4)25-61/h6-11,19-22,26-28,37,40,61H,12-18,23-25H2,1-5H3,(H,54,56)(H,55,62)(H,57,65)/t26-,27+,37-,40-/m0/s1. The Labute approximate surface area is 395 Å². The van der Waals surface area contributed by atoms with Crippen LogP contribution in [0.1, 0.15) is 69.2 Å². The number of pyridine rings is 1. The molecule has 3 aliphatic heterocycles. The van der Waals surface area contributed by atoms with Gasteiger partial charge in [0.25, 0.3) is 5.91 Å². The fourth-order valence-electron chi connectivity index (χ4n) is 9.44. The molecule has 0 unspecified atom stereocenters. The second-order valence-corrected chi connectivity index (χ2v) is 18.9. The zero-order valence-electron chi connectivity index (χ0n) is 38.3. The van der Waals surface area contributed by atoms with E-state index in [1.807, 2.05) is 24.0 Å². The lowest BCUT2D eigenvalue weighted by Gasteiger charge is -2.42. The number of ether oxygens (including phenoxy) is 3. The molecule has 4 N–H and O–H groups in total. The molecule has 362 valence electrons. The monoisotopic (exact) mass is 962 g/mol. The van der Waals surface area contributed by atoms with Crippen LogP contribution in [0, 0.1) is 17.3 Å². The molecule has 16 nitrogen and oxygen atoms in total. The molecule has 3 saturated heterocycles. The molecule has 0 radical (unpaired) electrons. The number of alkyl halides is 3. The highest BCUT2D eigenvalue weighted by Crippen LogP contribution is 2.42. The Morgan fingerprint density at radius 1 is 1.01 bits per heavy atom. The number of fused-ring (bicyclic) bond motifs is 3. The molecule has 0 spiro atoms. The van der Waals surface area contributed by atoms with Gasteiger partial charge >= 0.3 is 12.5 Å². The number of aliphatic hydroxyl groups is 1. The number of anilines is 2. The Morgan fingerprint density at radius 3 is 2.46 bits per heavy atom. The largest absolute Gasteiger partial charge is 0.573 e. The summed E-state index contributed by atoms with van der Waals surface area (Å²) in [5.74, 6) is -0.488. The van der Waals surface area contributed by atoms with Crippen LogP contribution in [0.2, 0.25) is 5.02 Å². The Kier molecular flexibility index (Phi) is 13.8. The van der Waals surface area contributed by atoms with E-state index in [2.05, 4.69) is 32.3 Å². The summed E-state index contributed by atoms with van der Waals surface area (Å²) in [5, 5.41) is 16.3. The summed E-state index contributed by atoms with van der Waals surface area (Å²) < 4.78 is 56.8. The minimum Gasteiger partial charge on any atom is -0.453 e. The van der Waals surface area contributed by atoms with E-state index < -0.39 is 41.6 Å². The van der Waals surface area contributed by atoms with Gasteiger partial charge in [-0.1, -0.05) is 36.7 Å². The van der Waals surface area contributed by atoms with Crippen molar-refractivity contribution in [3.8, 4) is 16.9 Å². The van der Waals surface area contributed by atoms with Crippen LogP contribution < -0.4 is 20.3 Å². The first-order chi connectivity index (χ1) is 32.3. The van der Waals surface area contributed by atoms with Crippen LogP contribution in [0.5, 0.6) is 5.75 Å².